The van der Waals surface area contributed by atoms with Gasteiger partial charge in [0.1, 0.15) is 5.60 Å². The number of amides is 1. The van der Waals surface area contributed by atoms with E-state index in [-0.39, 0.29) is 5.16 Å². The maximum atomic E-state index is 12.3. The quantitative estimate of drug-likeness (QED) is 0.835. The van der Waals surface area contributed by atoms with E-state index in [1.165, 1.54) is 6.20 Å². The van der Waals surface area contributed by atoms with Crippen LogP contribution in [0.25, 0.3) is 0 Å². The Morgan fingerprint density at radius 1 is 1.33 bits per heavy atom. The second kappa shape index (κ2) is 5.40. The van der Waals surface area contributed by atoms with E-state index in [4.69, 9.17) is 4.74 Å². The van der Waals surface area contributed by atoms with Crippen molar-refractivity contribution in [3.05, 3.63) is 18.0 Å². The molecule has 24 heavy (non-hydrogen) atoms. The average Bonchev–Trinajstić information content (AvgIpc) is 3.03. The number of rotatable bonds is 3. The molecule has 2 unspecified atom stereocenters. The molecule has 0 saturated heterocycles. The van der Waals surface area contributed by atoms with Gasteiger partial charge in [-0.1, -0.05) is 0 Å². The molecule has 1 aromatic heterocycles. The summed E-state index contributed by atoms with van der Waals surface area (Å²) in [7, 11) is -3.51. The first-order valence-corrected chi connectivity index (χ1v) is 9.92. The van der Waals surface area contributed by atoms with Crippen molar-refractivity contribution in [3.8, 4) is 0 Å². The van der Waals surface area contributed by atoms with Crippen LogP contribution >= 0.6 is 0 Å². The van der Waals surface area contributed by atoms with Crippen LogP contribution in [0.15, 0.2) is 17.4 Å². The Bertz CT molecular complexity index is 760. The molecule has 2 aliphatic rings. The number of carbonyl (C=O) groups excluding carboxylic acids is 1. The zero-order valence-electron chi connectivity index (χ0n) is 14.4. The Labute approximate surface area is 142 Å². The predicted molar refractivity (Wildman–Crippen MR) is 87.0 cm³/mol. The summed E-state index contributed by atoms with van der Waals surface area (Å²) < 4.78 is 28.9. The van der Waals surface area contributed by atoms with Crippen LogP contribution in [0.3, 0.4) is 0 Å². The average molecular weight is 353 g/mol. The highest BCUT2D eigenvalue weighted by Gasteiger charge is 2.56. The molecule has 2 fully saturated rings. The summed E-state index contributed by atoms with van der Waals surface area (Å²) in [6.45, 7) is 5.41. The van der Waals surface area contributed by atoms with Gasteiger partial charge in [-0.05, 0) is 57.9 Å². The molecule has 2 atom stereocenters. The molecule has 1 amide bonds. The molecule has 8 heteroatoms. The molecule has 0 bridgehead atoms. The summed E-state index contributed by atoms with van der Waals surface area (Å²) in [5.41, 5.74) is -0.745. The normalized spacial score (nSPS) is 29.0. The molecule has 1 heterocycles. The molecular formula is C16H23N3O4S. The Kier molecular flexibility index (Phi) is 3.86. The first-order valence-electron chi connectivity index (χ1n) is 8.03. The van der Waals surface area contributed by atoms with E-state index in [9.17, 15) is 13.2 Å². The maximum Gasteiger partial charge on any atom is 0.408 e. The molecule has 3 rings (SSSR count). The number of hydrogen-bond donors (Lipinski definition) is 1. The first-order chi connectivity index (χ1) is 11.0. The van der Waals surface area contributed by atoms with E-state index in [0.717, 1.165) is 25.5 Å². The third-order valence-electron chi connectivity index (χ3n) is 4.49. The molecule has 1 aromatic rings. The molecule has 2 saturated carbocycles. The summed E-state index contributed by atoms with van der Waals surface area (Å²) in [6.07, 6.45) is 4.65. The van der Waals surface area contributed by atoms with Crippen LogP contribution in [0.1, 0.15) is 45.7 Å². The first kappa shape index (κ1) is 17.1. The van der Waals surface area contributed by atoms with Crippen molar-refractivity contribution in [2.24, 2.45) is 11.8 Å². The van der Waals surface area contributed by atoms with E-state index >= 15 is 0 Å². The van der Waals surface area contributed by atoms with Gasteiger partial charge in [-0.2, -0.15) is 0 Å². The minimum absolute atomic E-state index is 0.217. The number of hydrogen-bond acceptors (Lipinski definition) is 6. The van der Waals surface area contributed by atoms with Gasteiger partial charge in [0, 0.05) is 12.5 Å². The summed E-state index contributed by atoms with van der Waals surface area (Å²) in [4.78, 5) is 20.4. The Hall–Kier alpha value is -1.70. The lowest BCUT2D eigenvalue weighted by molar-refractivity contribution is 0.0442. The fourth-order valence-corrected chi connectivity index (χ4v) is 3.97. The van der Waals surface area contributed by atoms with Crippen molar-refractivity contribution in [2.75, 3.05) is 6.26 Å². The molecule has 0 aromatic carbocycles. The number of nitrogens with zero attached hydrogens (tertiary/aromatic N) is 2. The lowest BCUT2D eigenvalue weighted by Crippen LogP contribution is -2.47. The summed E-state index contributed by atoms with van der Waals surface area (Å²) in [6, 6.07) is 1.68. The molecule has 0 spiro atoms. The molecule has 0 radical (unpaired) electrons. The van der Waals surface area contributed by atoms with E-state index in [0.29, 0.717) is 17.5 Å². The minimum atomic E-state index is -3.51. The third kappa shape index (κ3) is 3.53. The number of aromatic nitrogens is 2. The van der Waals surface area contributed by atoms with Crippen LogP contribution in [0.5, 0.6) is 0 Å². The zero-order valence-corrected chi connectivity index (χ0v) is 15.2. The summed E-state index contributed by atoms with van der Waals surface area (Å²) in [5.74, 6) is 1.10. The van der Waals surface area contributed by atoms with Crippen LogP contribution in [-0.4, -0.2) is 36.3 Å². The van der Waals surface area contributed by atoms with Gasteiger partial charge in [-0.3, -0.25) is 0 Å². The van der Waals surface area contributed by atoms with Gasteiger partial charge in [0.2, 0.25) is 15.0 Å². The van der Waals surface area contributed by atoms with Gasteiger partial charge in [0.05, 0.1) is 11.2 Å². The van der Waals surface area contributed by atoms with E-state index in [1.807, 2.05) is 0 Å². The van der Waals surface area contributed by atoms with Crippen LogP contribution in [0.2, 0.25) is 0 Å². The fourth-order valence-electron chi connectivity index (χ4n) is 3.45. The fraction of sp³-hybridized carbons (Fsp3) is 0.688. The van der Waals surface area contributed by atoms with Crippen molar-refractivity contribution in [3.63, 3.8) is 0 Å². The monoisotopic (exact) mass is 353 g/mol. The number of carbonyl (C=O) groups is 1. The van der Waals surface area contributed by atoms with Gasteiger partial charge in [0.25, 0.3) is 0 Å². The molecule has 2 aliphatic carbocycles. The van der Waals surface area contributed by atoms with Crippen molar-refractivity contribution in [1.29, 1.82) is 0 Å². The van der Waals surface area contributed by atoms with Crippen LogP contribution in [0.4, 0.5) is 4.79 Å². The second-order valence-electron chi connectivity index (χ2n) is 7.87. The highest BCUT2D eigenvalue weighted by molar-refractivity contribution is 7.90. The number of fused-ring (bicyclic) bond motifs is 1. The molecule has 0 aliphatic heterocycles. The smallest absolute Gasteiger partial charge is 0.408 e. The predicted octanol–water partition coefficient (Wildman–Crippen LogP) is 2.03. The number of ether oxygens (including phenoxy) is 1. The molecular weight excluding hydrogens is 330 g/mol. The number of sulfone groups is 1. The zero-order chi connectivity index (χ0) is 17.8. The van der Waals surface area contributed by atoms with E-state index < -0.39 is 27.1 Å². The van der Waals surface area contributed by atoms with E-state index in [2.05, 4.69) is 15.3 Å². The lowest BCUT2D eigenvalue weighted by atomic mass is 9.89. The van der Waals surface area contributed by atoms with Gasteiger partial charge in [-0.25, -0.2) is 23.2 Å². The third-order valence-corrected chi connectivity index (χ3v) is 5.35. The molecule has 132 valence electrons. The SMILES string of the molecule is CC(C)(C)OC(=O)NC1(c2ccnc(S(C)(=O)=O)n2)CC2CC2C1. The number of nitrogens with one attached hydrogen (secondary N) is 1. The van der Waals surface area contributed by atoms with Crippen molar-refractivity contribution in [2.45, 2.75) is 56.3 Å². The van der Waals surface area contributed by atoms with E-state index in [1.54, 1.807) is 26.8 Å². The van der Waals surface area contributed by atoms with Gasteiger partial charge < -0.3 is 10.1 Å². The van der Waals surface area contributed by atoms with Crippen molar-refractivity contribution < 1.29 is 17.9 Å². The van der Waals surface area contributed by atoms with Crippen LogP contribution < -0.4 is 5.32 Å². The standard InChI is InChI=1S/C16H23N3O4S/c1-15(2,3)23-14(20)19-16(8-10-7-11(10)9-16)12-5-6-17-13(18-12)24(4,21)22/h5-6,10-11H,7-9H2,1-4H3,(H,19,20). The maximum absolute atomic E-state index is 12.3. The van der Waals surface area contributed by atoms with Gasteiger partial charge in [-0.15, -0.1) is 0 Å². The molecule has 7 nitrogen and oxygen atoms in total. The van der Waals surface area contributed by atoms with Crippen molar-refractivity contribution in [1.82, 2.24) is 15.3 Å². The van der Waals surface area contributed by atoms with Gasteiger partial charge in [0.15, 0.2) is 0 Å². The summed E-state index contributed by atoms with van der Waals surface area (Å²) in [5, 5.41) is 2.74. The minimum Gasteiger partial charge on any atom is -0.444 e. The van der Waals surface area contributed by atoms with Crippen molar-refractivity contribution >= 4 is 15.9 Å². The second-order valence-corrected chi connectivity index (χ2v) is 9.78. The Balaban J connectivity index is 1.91. The Morgan fingerprint density at radius 3 is 2.50 bits per heavy atom. The highest BCUT2D eigenvalue weighted by Crippen LogP contribution is 2.59. The topological polar surface area (TPSA) is 98.2 Å². The Morgan fingerprint density at radius 2 is 1.96 bits per heavy atom. The summed E-state index contributed by atoms with van der Waals surface area (Å²) >= 11 is 0. The highest BCUT2D eigenvalue weighted by atomic mass is 32.2. The van der Waals surface area contributed by atoms with Crippen LogP contribution in [0, 0.1) is 11.8 Å². The number of alkyl carbamates (subject to hydrolysis) is 1. The van der Waals surface area contributed by atoms with Gasteiger partial charge >= 0.3 is 6.09 Å². The lowest BCUT2D eigenvalue weighted by Gasteiger charge is -2.32. The largest absolute Gasteiger partial charge is 0.444 e. The van der Waals surface area contributed by atoms with Crippen LogP contribution in [-0.2, 0) is 20.1 Å². The molecule has 1 N–H and O–H groups in total.